The molecule has 0 aliphatic carbocycles. The number of benzene rings is 1. The summed E-state index contributed by atoms with van der Waals surface area (Å²) in [5.74, 6) is -1.76. The van der Waals surface area contributed by atoms with Crippen molar-refractivity contribution in [2.24, 2.45) is 0 Å². The zero-order chi connectivity index (χ0) is 17.3. The first-order valence-electron chi connectivity index (χ1n) is 6.66. The predicted molar refractivity (Wildman–Crippen MR) is 81.6 cm³/mol. The molecule has 0 saturated carbocycles. The summed E-state index contributed by atoms with van der Waals surface area (Å²) >= 11 is 0. The smallest absolute Gasteiger partial charge is 0.423 e. The van der Waals surface area contributed by atoms with E-state index in [1.54, 1.807) is 18.2 Å². The SMILES string of the molecule is CC(=O)Nc1ccc2nc(NC(=O)c3ccc([N+](=O)[O-])o3)oc2c1. The molecule has 0 aliphatic heterocycles. The summed E-state index contributed by atoms with van der Waals surface area (Å²) in [6.45, 7) is 1.37. The fraction of sp³-hybridized carbons (Fsp3) is 0.0714. The van der Waals surface area contributed by atoms with Crippen LogP contribution in [0.25, 0.3) is 11.1 Å². The lowest BCUT2D eigenvalue weighted by molar-refractivity contribution is -0.402. The Morgan fingerprint density at radius 3 is 2.62 bits per heavy atom. The highest BCUT2D eigenvalue weighted by Crippen LogP contribution is 2.23. The molecule has 24 heavy (non-hydrogen) atoms. The molecule has 10 nitrogen and oxygen atoms in total. The lowest BCUT2D eigenvalue weighted by atomic mass is 10.3. The zero-order valence-electron chi connectivity index (χ0n) is 12.2. The van der Waals surface area contributed by atoms with Crippen molar-refractivity contribution >= 4 is 40.5 Å². The average Bonchev–Trinajstić information content (AvgIpc) is 3.12. The molecular weight excluding hydrogens is 320 g/mol. The summed E-state index contributed by atoms with van der Waals surface area (Å²) in [4.78, 5) is 36.8. The summed E-state index contributed by atoms with van der Waals surface area (Å²) in [7, 11) is 0. The number of nitro groups is 1. The molecule has 2 aromatic heterocycles. The number of furan rings is 1. The van der Waals surface area contributed by atoms with Gasteiger partial charge in [-0.1, -0.05) is 0 Å². The van der Waals surface area contributed by atoms with Gasteiger partial charge in [0, 0.05) is 18.7 Å². The molecule has 0 atom stereocenters. The van der Waals surface area contributed by atoms with E-state index in [0.717, 1.165) is 6.07 Å². The first-order chi connectivity index (χ1) is 11.4. The van der Waals surface area contributed by atoms with E-state index >= 15 is 0 Å². The number of oxazole rings is 1. The largest absolute Gasteiger partial charge is 0.433 e. The normalized spacial score (nSPS) is 10.5. The third-order valence-electron chi connectivity index (χ3n) is 2.92. The third-order valence-corrected chi connectivity index (χ3v) is 2.92. The first kappa shape index (κ1) is 15.2. The van der Waals surface area contributed by atoms with Crippen molar-refractivity contribution in [3.63, 3.8) is 0 Å². The number of nitrogens with zero attached hydrogens (tertiary/aromatic N) is 2. The van der Waals surface area contributed by atoms with Gasteiger partial charge in [0.25, 0.3) is 5.91 Å². The number of aromatic nitrogens is 1. The van der Waals surface area contributed by atoms with Crippen LogP contribution >= 0.6 is 0 Å². The summed E-state index contributed by atoms with van der Waals surface area (Å²) in [5.41, 5.74) is 1.33. The van der Waals surface area contributed by atoms with Crippen molar-refractivity contribution in [1.29, 1.82) is 0 Å². The van der Waals surface area contributed by atoms with Crippen molar-refractivity contribution in [2.45, 2.75) is 6.92 Å². The molecule has 10 heteroatoms. The Bertz CT molecular complexity index is 957. The van der Waals surface area contributed by atoms with E-state index in [-0.39, 0.29) is 17.7 Å². The first-order valence-corrected chi connectivity index (χ1v) is 6.66. The lowest BCUT2D eigenvalue weighted by Crippen LogP contribution is -2.10. The fourth-order valence-corrected chi connectivity index (χ4v) is 1.97. The fourth-order valence-electron chi connectivity index (χ4n) is 1.97. The number of rotatable bonds is 4. The molecule has 0 saturated heterocycles. The maximum absolute atomic E-state index is 12.0. The molecule has 0 bridgehead atoms. The number of anilines is 2. The highest BCUT2D eigenvalue weighted by molar-refractivity contribution is 6.01. The van der Waals surface area contributed by atoms with E-state index in [2.05, 4.69) is 15.6 Å². The predicted octanol–water partition coefficient (Wildman–Crippen LogP) is 2.54. The van der Waals surface area contributed by atoms with Crippen LogP contribution in [0.1, 0.15) is 17.5 Å². The molecule has 2 amide bonds. The van der Waals surface area contributed by atoms with Gasteiger partial charge < -0.3 is 14.2 Å². The van der Waals surface area contributed by atoms with Gasteiger partial charge in [-0.15, -0.1) is 0 Å². The van der Waals surface area contributed by atoms with Crippen LogP contribution in [0.2, 0.25) is 0 Å². The number of nitrogens with one attached hydrogen (secondary N) is 2. The van der Waals surface area contributed by atoms with Gasteiger partial charge in [-0.05, 0) is 18.2 Å². The van der Waals surface area contributed by atoms with Crippen molar-refractivity contribution in [1.82, 2.24) is 4.98 Å². The van der Waals surface area contributed by atoms with Crippen LogP contribution in [0, 0.1) is 10.1 Å². The molecule has 122 valence electrons. The van der Waals surface area contributed by atoms with Gasteiger partial charge in [-0.3, -0.25) is 25.0 Å². The molecule has 2 N–H and O–H groups in total. The Morgan fingerprint density at radius 1 is 1.17 bits per heavy atom. The number of carbonyl (C=O) groups is 2. The van der Waals surface area contributed by atoms with E-state index in [1.807, 2.05) is 0 Å². The second-order valence-corrected chi connectivity index (χ2v) is 4.73. The Labute approximate surface area is 133 Å². The Morgan fingerprint density at radius 2 is 1.96 bits per heavy atom. The molecule has 0 radical (unpaired) electrons. The summed E-state index contributed by atoms with van der Waals surface area (Å²) < 4.78 is 10.2. The number of carbonyl (C=O) groups excluding carboxylic acids is 2. The van der Waals surface area contributed by atoms with Gasteiger partial charge in [0.2, 0.25) is 5.91 Å². The van der Waals surface area contributed by atoms with Gasteiger partial charge in [0.1, 0.15) is 10.4 Å². The van der Waals surface area contributed by atoms with Crippen molar-refractivity contribution in [3.05, 3.63) is 46.2 Å². The Kier molecular flexibility index (Phi) is 3.70. The van der Waals surface area contributed by atoms with Crippen LogP contribution in [0.3, 0.4) is 0 Å². The van der Waals surface area contributed by atoms with Crippen LogP contribution in [0.5, 0.6) is 0 Å². The maximum Gasteiger partial charge on any atom is 0.433 e. The molecule has 3 aromatic rings. The molecule has 0 spiro atoms. The second-order valence-electron chi connectivity index (χ2n) is 4.73. The number of fused-ring (bicyclic) bond motifs is 1. The van der Waals surface area contributed by atoms with E-state index in [1.165, 1.54) is 13.0 Å². The Balaban J connectivity index is 1.80. The average molecular weight is 330 g/mol. The minimum absolute atomic E-state index is 0.103. The molecule has 0 unspecified atom stereocenters. The Hall–Kier alpha value is -3.69. The van der Waals surface area contributed by atoms with Crippen molar-refractivity contribution < 1.29 is 23.3 Å². The van der Waals surface area contributed by atoms with Gasteiger partial charge in [-0.2, -0.15) is 4.98 Å². The van der Waals surface area contributed by atoms with Crippen LogP contribution in [-0.4, -0.2) is 21.7 Å². The monoisotopic (exact) mass is 330 g/mol. The third kappa shape index (κ3) is 3.06. The number of amides is 2. The van der Waals surface area contributed by atoms with E-state index in [4.69, 9.17) is 8.83 Å². The van der Waals surface area contributed by atoms with E-state index in [9.17, 15) is 19.7 Å². The van der Waals surface area contributed by atoms with Crippen LogP contribution in [0.4, 0.5) is 17.6 Å². The van der Waals surface area contributed by atoms with Gasteiger partial charge in [0.05, 0.1) is 6.07 Å². The van der Waals surface area contributed by atoms with Crippen LogP contribution < -0.4 is 10.6 Å². The van der Waals surface area contributed by atoms with Crippen molar-refractivity contribution in [2.75, 3.05) is 10.6 Å². The standard InChI is InChI=1S/C14H10N4O6/c1-7(19)15-8-2-3-9-11(6-8)24-14(16-9)17-13(20)10-4-5-12(23-10)18(21)22/h2-6H,1H3,(H,15,19)(H,16,17,20). The summed E-state index contributed by atoms with van der Waals surface area (Å²) in [6, 6.07) is 6.93. The quantitative estimate of drug-likeness (QED) is 0.553. The summed E-state index contributed by atoms with van der Waals surface area (Å²) in [6.07, 6.45) is 0. The number of hydrogen-bond acceptors (Lipinski definition) is 7. The molecule has 2 heterocycles. The zero-order valence-corrected chi connectivity index (χ0v) is 12.2. The maximum atomic E-state index is 12.0. The lowest BCUT2D eigenvalue weighted by Gasteiger charge is -1.99. The molecule has 3 rings (SSSR count). The minimum Gasteiger partial charge on any atom is -0.423 e. The molecule has 0 aliphatic rings. The van der Waals surface area contributed by atoms with E-state index in [0.29, 0.717) is 16.8 Å². The summed E-state index contributed by atoms with van der Waals surface area (Å²) in [5, 5.41) is 15.5. The second kappa shape index (κ2) is 5.83. The van der Waals surface area contributed by atoms with Crippen LogP contribution in [-0.2, 0) is 4.79 Å². The van der Waals surface area contributed by atoms with E-state index < -0.39 is 16.7 Å². The van der Waals surface area contributed by atoms with Crippen LogP contribution in [0.15, 0.2) is 39.2 Å². The van der Waals surface area contributed by atoms with Gasteiger partial charge >= 0.3 is 11.9 Å². The highest BCUT2D eigenvalue weighted by Gasteiger charge is 2.19. The molecule has 0 fully saturated rings. The van der Waals surface area contributed by atoms with Gasteiger partial charge in [-0.25, -0.2) is 0 Å². The van der Waals surface area contributed by atoms with Crippen molar-refractivity contribution in [3.8, 4) is 0 Å². The number of hydrogen-bond donors (Lipinski definition) is 2. The van der Waals surface area contributed by atoms with Gasteiger partial charge in [0.15, 0.2) is 11.3 Å². The minimum atomic E-state index is -0.750. The topological polar surface area (TPSA) is 141 Å². The highest BCUT2D eigenvalue weighted by atomic mass is 16.6. The molecular formula is C14H10N4O6. The molecule has 1 aromatic carbocycles.